The van der Waals surface area contributed by atoms with Gasteiger partial charge in [-0.25, -0.2) is 27.8 Å². The lowest BCUT2D eigenvalue weighted by Crippen LogP contribution is -2.15. The van der Waals surface area contributed by atoms with E-state index in [4.69, 9.17) is 10.5 Å². The molecule has 3 heterocycles. The minimum absolute atomic E-state index is 0.00456. The zero-order valence-corrected chi connectivity index (χ0v) is 16.7. The number of nitrogen functional groups attached to an aromatic ring is 1. The van der Waals surface area contributed by atoms with Crippen LogP contribution in [0.4, 0.5) is 27.8 Å². The lowest BCUT2D eigenvalue weighted by atomic mass is 10.1. The molecule has 12 heteroatoms. The van der Waals surface area contributed by atoms with Crippen molar-refractivity contribution in [3.05, 3.63) is 59.7 Å². The molecule has 0 spiro atoms. The highest BCUT2D eigenvalue weighted by molar-refractivity contribution is 5.98. The van der Waals surface area contributed by atoms with Gasteiger partial charge in [0.15, 0.2) is 17.3 Å². The van der Waals surface area contributed by atoms with Gasteiger partial charge in [0.2, 0.25) is 17.4 Å². The summed E-state index contributed by atoms with van der Waals surface area (Å²) in [5, 5.41) is 8.09. The van der Waals surface area contributed by atoms with E-state index in [1.165, 1.54) is 18.5 Å². The van der Waals surface area contributed by atoms with Gasteiger partial charge < -0.3 is 15.8 Å². The molecular formula is C21H15F5N6O. The second-order valence-corrected chi connectivity index (χ2v) is 7.44. The number of fused-ring (bicyclic) bond motifs is 1. The second kappa shape index (κ2) is 7.96. The molecule has 33 heavy (non-hydrogen) atoms. The third kappa shape index (κ3) is 3.52. The summed E-state index contributed by atoms with van der Waals surface area (Å²) in [5.74, 6) is -9.23. The highest BCUT2D eigenvalue weighted by Crippen LogP contribution is 2.37. The van der Waals surface area contributed by atoms with E-state index in [1.807, 2.05) is 0 Å². The minimum atomic E-state index is -1.74. The van der Waals surface area contributed by atoms with E-state index in [-0.39, 0.29) is 34.9 Å². The second-order valence-electron chi connectivity index (χ2n) is 7.44. The Morgan fingerprint density at radius 1 is 1.00 bits per heavy atom. The van der Waals surface area contributed by atoms with E-state index < -0.39 is 34.8 Å². The Balaban J connectivity index is 1.58. The Labute approximate surface area is 183 Å². The molecule has 1 saturated heterocycles. The van der Waals surface area contributed by atoms with Crippen molar-refractivity contribution in [2.45, 2.75) is 12.5 Å². The smallest absolute Gasteiger partial charge is 0.204 e. The van der Waals surface area contributed by atoms with Crippen molar-refractivity contribution in [1.82, 2.24) is 25.1 Å². The lowest BCUT2D eigenvalue weighted by Gasteiger charge is -2.10. The van der Waals surface area contributed by atoms with E-state index >= 15 is 4.39 Å². The van der Waals surface area contributed by atoms with Gasteiger partial charge in [-0.1, -0.05) is 0 Å². The average Bonchev–Trinajstić information content (AvgIpc) is 3.44. The number of halogens is 5. The van der Waals surface area contributed by atoms with Gasteiger partial charge in [-0.05, 0) is 25.1 Å². The fourth-order valence-corrected chi connectivity index (χ4v) is 3.80. The average molecular weight is 462 g/mol. The summed E-state index contributed by atoms with van der Waals surface area (Å²) in [6.07, 6.45) is 2.08. The Hall–Kier alpha value is -3.80. The molecular weight excluding hydrogens is 447 g/mol. The standard InChI is InChI=1S/C21H15F5N6O/c22-12-5-10(33-19-16(25)13(23)6-14(24)17(19)26)1-2-11(12)18-15-20(27)29-8-30-21(15)32(31-18)9-3-4-28-7-9/h1-2,5-6,8-9,28H,3-4,7H2,(H2,27,29,30). The molecule has 1 atom stereocenters. The molecule has 0 bridgehead atoms. The zero-order chi connectivity index (χ0) is 23.3. The summed E-state index contributed by atoms with van der Waals surface area (Å²) in [6.45, 7) is 1.44. The van der Waals surface area contributed by atoms with Crippen LogP contribution in [0, 0.1) is 29.1 Å². The fourth-order valence-electron chi connectivity index (χ4n) is 3.80. The number of nitrogens with zero attached hydrogens (tertiary/aromatic N) is 4. The summed E-state index contributed by atoms with van der Waals surface area (Å²) >= 11 is 0. The molecule has 2 aromatic carbocycles. The van der Waals surface area contributed by atoms with Crippen molar-refractivity contribution in [3.63, 3.8) is 0 Å². The molecule has 1 aliphatic heterocycles. The van der Waals surface area contributed by atoms with Crippen molar-refractivity contribution in [2.75, 3.05) is 18.8 Å². The normalized spacial score (nSPS) is 16.0. The van der Waals surface area contributed by atoms with Gasteiger partial charge in [0.05, 0.1) is 11.4 Å². The SMILES string of the molecule is Nc1ncnc2c1c(-c1ccc(Oc3c(F)c(F)cc(F)c3F)cc1F)nn2C1CCNC1. The van der Waals surface area contributed by atoms with Gasteiger partial charge in [-0.15, -0.1) is 0 Å². The topological polar surface area (TPSA) is 90.9 Å². The Bertz CT molecular complexity index is 1360. The van der Waals surface area contributed by atoms with E-state index in [2.05, 4.69) is 20.4 Å². The summed E-state index contributed by atoms with van der Waals surface area (Å²) in [5.41, 5.74) is 6.64. The molecule has 0 saturated carbocycles. The first-order chi connectivity index (χ1) is 15.8. The monoisotopic (exact) mass is 462 g/mol. The summed E-state index contributed by atoms with van der Waals surface area (Å²) in [6, 6.07) is 3.28. The molecule has 7 nitrogen and oxygen atoms in total. The van der Waals surface area contributed by atoms with Crippen molar-refractivity contribution < 1.29 is 26.7 Å². The van der Waals surface area contributed by atoms with E-state index in [1.54, 1.807) is 4.68 Å². The van der Waals surface area contributed by atoms with E-state index in [9.17, 15) is 17.6 Å². The maximum Gasteiger partial charge on any atom is 0.204 e. The Morgan fingerprint density at radius 2 is 1.76 bits per heavy atom. The quantitative estimate of drug-likeness (QED) is 0.351. The summed E-state index contributed by atoms with van der Waals surface area (Å²) in [4.78, 5) is 8.22. The molecule has 1 aliphatic rings. The number of anilines is 1. The highest BCUT2D eigenvalue weighted by atomic mass is 19.2. The van der Waals surface area contributed by atoms with Crippen LogP contribution in [-0.2, 0) is 0 Å². The number of aromatic nitrogens is 4. The number of hydrogen-bond acceptors (Lipinski definition) is 6. The molecule has 0 amide bonds. The third-order valence-corrected chi connectivity index (χ3v) is 5.39. The first-order valence-corrected chi connectivity index (χ1v) is 9.85. The minimum Gasteiger partial charge on any atom is -0.451 e. The number of nitrogens with two attached hydrogens (primary N) is 1. The van der Waals surface area contributed by atoms with Crippen LogP contribution in [0.1, 0.15) is 12.5 Å². The van der Waals surface area contributed by atoms with Gasteiger partial charge in [-0.2, -0.15) is 13.9 Å². The molecule has 170 valence electrons. The van der Waals surface area contributed by atoms with Crippen LogP contribution >= 0.6 is 0 Å². The van der Waals surface area contributed by atoms with Gasteiger partial charge in [0.25, 0.3) is 0 Å². The van der Waals surface area contributed by atoms with Gasteiger partial charge in [0.1, 0.15) is 29.4 Å². The van der Waals surface area contributed by atoms with E-state index in [0.29, 0.717) is 17.6 Å². The van der Waals surface area contributed by atoms with Crippen LogP contribution in [0.2, 0.25) is 0 Å². The predicted octanol–water partition coefficient (Wildman–Crippen LogP) is 4.10. The maximum atomic E-state index is 15.1. The molecule has 1 unspecified atom stereocenters. The predicted molar refractivity (Wildman–Crippen MR) is 108 cm³/mol. The van der Waals surface area contributed by atoms with Crippen LogP contribution in [0.5, 0.6) is 11.5 Å². The summed E-state index contributed by atoms with van der Waals surface area (Å²) < 4.78 is 76.3. The zero-order valence-electron chi connectivity index (χ0n) is 16.7. The van der Waals surface area contributed by atoms with Crippen LogP contribution in [0.25, 0.3) is 22.3 Å². The van der Waals surface area contributed by atoms with Gasteiger partial charge in [0, 0.05) is 24.2 Å². The number of nitrogens with one attached hydrogen (secondary N) is 1. The van der Waals surface area contributed by atoms with Crippen LogP contribution in [0.15, 0.2) is 30.6 Å². The number of benzene rings is 2. The van der Waals surface area contributed by atoms with Gasteiger partial charge in [-0.3, -0.25) is 0 Å². The Morgan fingerprint density at radius 3 is 2.42 bits per heavy atom. The first-order valence-electron chi connectivity index (χ1n) is 9.85. The van der Waals surface area contributed by atoms with Crippen LogP contribution in [0.3, 0.4) is 0 Å². The van der Waals surface area contributed by atoms with Gasteiger partial charge >= 0.3 is 0 Å². The molecule has 2 aromatic heterocycles. The molecule has 4 aromatic rings. The van der Waals surface area contributed by atoms with Crippen LogP contribution < -0.4 is 15.8 Å². The molecule has 3 N–H and O–H groups in total. The number of ether oxygens (including phenoxy) is 1. The van der Waals surface area contributed by atoms with E-state index in [0.717, 1.165) is 19.0 Å². The number of hydrogen-bond donors (Lipinski definition) is 2. The molecule has 0 aliphatic carbocycles. The molecule has 1 fully saturated rings. The van der Waals surface area contributed by atoms with Crippen molar-refractivity contribution in [1.29, 1.82) is 0 Å². The van der Waals surface area contributed by atoms with Crippen LogP contribution in [-0.4, -0.2) is 32.8 Å². The van der Waals surface area contributed by atoms with Crippen molar-refractivity contribution in [3.8, 4) is 22.8 Å². The highest BCUT2D eigenvalue weighted by Gasteiger charge is 2.26. The summed E-state index contributed by atoms with van der Waals surface area (Å²) in [7, 11) is 0. The fraction of sp³-hybridized carbons (Fsp3) is 0.190. The van der Waals surface area contributed by atoms with Crippen molar-refractivity contribution >= 4 is 16.9 Å². The largest absolute Gasteiger partial charge is 0.451 e. The third-order valence-electron chi connectivity index (χ3n) is 5.39. The lowest BCUT2D eigenvalue weighted by molar-refractivity contribution is 0.365. The first kappa shape index (κ1) is 21.1. The Kier molecular flexibility index (Phi) is 5.08. The van der Waals surface area contributed by atoms with Crippen molar-refractivity contribution in [2.24, 2.45) is 0 Å². The molecule has 0 radical (unpaired) electrons. The number of rotatable bonds is 4. The maximum absolute atomic E-state index is 15.1. The molecule has 5 rings (SSSR count).